The van der Waals surface area contributed by atoms with Crippen molar-refractivity contribution >= 4 is 12.0 Å². The molecule has 0 aliphatic heterocycles. The first-order valence-electron chi connectivity index (χ1n) is 3.70. The zero-order chi connectivity index (χ0) is 9.61. The number of terminal acetylenes is 1. The van der Waals surface area contributed by atoms with E-state index in [1.165, 1.54) is 0 Å². The van der Waals surface area contributed by atoms with Crippen molar-refractivity contribution in [3.63, 3.8) is 0 Å². The van der Waals surface area contributed by atoms with E-state index in [1.54, 1.807) is 13.8 Å². The first-order chi connectivity index (χ1) is 5.54. The Hall–Kier alpha value is -1.39. The van der Waals surface area contributed by atoms with Gasteiger partial charge < -0.3 is 5.53 Å². The van der Waals surface area contributed by atoms with Crippen LogP contribution < -0.4 is 0 Å². The Kier molecular flexibility index (Phi) is 3.96. The summed E-state index contributed by atoms with van der Waals surface area (Å²) in [6, 6.07) is 0. The Labute approximate surface area is 72.4 Å². The average Bonchev–Trinajstić information content (AvgIpc) is 2.01. The van der Waals surface area contributed by atoms with Crippen LogP contribution in [0.25, 0.3) is 5.53 Å². The molecule has 0 heterocycles. The van der Waals surface area contributed by atoms with Gasteiger partial charge in [-0.05, 0) is 6.42 Å². The first kappa shape index (κ1) is 10.6. The summed E-state index contributed by atoms with van der Waals surface area (Å²) >= 11 is 0. The molecule has 0 fully saturated rings. The number of carbonyl (C=O) groups excluding carboxylic acids is 1. The van der Waals surface area contributed by atoms with Gasteiger partial charge in [-0.2, -0.15) is 4.79 Å². The number of hydrogen-bond acceptors (Lipinski definition) is 1. The molecule has 0 aromatic rings. The molecule has 0 rings (SSSR count). The maximum Gasteiger partial charge on any atom is 0.323 e. The van der Waals surface area contributed by atoms with Crippen LogP contribution in [0.5, 0.6) is 0 Å². The van der Waals surface area contributed by atoms with E-state index in [-0.39, 0.29) is 5.78 Å². The minimum absolute atomic E-state index is 0.208. The number of nitrogens with zero attached hydrogens (tertiary/aromatic N) is 2. The quantitative estimate of drug-likeness (QED) is 0.267. The van der Waals surface area contributed by atoms with Crippen molar-refractivity contribution in [1.82, 2.24) is 0 Å². The molecule has 0 unspecified atom stereocenters. The molecule has 0 spiro atoms. The number of hydrogen-bond donors (Lipinski definition) is 0. The summed E-state index contributed by atoms with van der Waals surface area (Å²) in [4.78, 5) is 13.9. The van der Waals surface area contributed by atoms with E-state index in [9.17, 15) is 4.79 Å². The molecule has 0 N–H and O–H groups in total. The first-order valence-corrected chi connectivity index (χ1v) is 3.70. The monoisotopic (exact) mass is 164 g/mol. The molecule has 3 heteroatoms. The molecule has 0 aliphatic carbocycles. The number of carbonyl (C=O) groups is 1. The van der Waals surface area contributed by atoms with Crippen LogP contribution in [-0.2, 0) is 4.79 Å². The fourth-order valence-electron chi connectivity index (χ4n) is 0.735. The second-order valence-electron chi connectivity index (χ2n) is 3.20. The summed E-state index contributed by atoms with van der Waals surface area (Å²) in [5.74, 6) is 2.25. The zero-order valence-corrected chi connectivity index (χ0v) is 7.37. The minimum atomic E-state index is -0.529. The van der Waals surface area contributed by atoms with Crippen LogP contribution in [0, 0.1) is 17.8 Å². The molecule has 0 radical (unpaired) electrons. The topological polar surface area (TPSA) is 53.5 Å². The predicted molar refractivity (Wildman–Crippen MR) is 46.5 cm³/mol. The van der Waals surface area contributed by atoms with Crippen molar-refractivity contribution in [2.24, 2.45) is 5.41 Å². The Morgan fingerprint density at radius 3 is 2.75 bits per heavy atom. The fraction of sp³-hybridized carbons (Fsp3) is 0.556. The third-order valence-corrected chi connectivity index (χ3v) is 1.74. The van der Waals surface area contributed by atoms with E-state index >= 15 is 0 Å². The number of ketones is 1. The van der Waals surface area contributed by atoms with E-state index < -0.39 is 5.41 Å². The van der Waals surface area contributed by atoms with E-state index in [1.807, 2.05) is 0 Å². The lowest BCUT2D eigenvalue weighted by Gasteiger charge is -2.16. The maximum atomic E-state index is 11.2. The Balaban J connectivity index is 4.30. The van der Waals surface area contributed by atoms with Gasteiger partial charge in [-0.3, -0.25) is 4.79 Å². The van der Waals surface area contributed by atoms with Crippen LogP contribution >= 0.6 is 0 Å². The van der Waals surface area contributed by atoms with Crippen molar-refractivity contribution in [2.45, 2.75) is 26.7 Å². The lowest BCUT2D eigenvalue weighted by Crippen LogP contribution is -2.25. The highest BCUT2D eigenvalue weighted by molar-refractivity contribution is 6.27. The largest absolute Gasteiger partial charge is 0.361 e. The van der Waals surface area contributed by atoms with Crippen molar-refractivity contribution in [3.05, 3.63) is 5.53 Å². The molecule has 0 bridgehead atoms. The highest BCUT2D eigenvalue weighted by atomic mass is 16.1. The summed E-state index contributed by atoms with van der Waals surface area (Å²) in [5, 5.41) is 0. The normalized spacial score (nSPS) is 9.75. The van der Waals surface area contributed by atoms with Crippen LogP contribution in [0.2, 0.25) is 0 Å². The molecular formula is C9H12N2O. The molecule has 0 saturated heterocycles. The summed E-state index contributed by atoms with van der Waals surface area (Å²) in [7, 11) is 0. The number of Topliss-reactive ketones (excluding diaryl/α,β-unsaturated/α-hetero) is 1. The van der Waals surface area contributed by atoms with Gasteiger partial charge in [-0.1, -0.05) is 13.8 Å². The molecule has 0 aliphatic rings. The molecule has 0 aromatic carbocycles. The fourth-order valence-corrected chi connectivity index (χ4v) is 0.735. The molecular weight excluding hydrogens is 152 g/mol. The van der Waals surface area contributed by atoms with Gasteiger partial charge in [-0.15, -0.1) is 12.3 Å². The van der Waals surface area contributed by atoms with Crippen molar-refractivity contribution in [1.29, 1.82) is 0 Å². The van der Waals surface area contributed by atoms with Gasteiger partial charge in [0.05, 0.1) is 0 Å². The highest BCUT2D eigenvalue weighted by Gasteiger charge is 2.27. The van der Waals surface area contributed by atoms with Gasteiger partial charge in [-0.25, -0.2) is 0 Å². The molecule has 64 valence electrons. The third-order valence-electron chi connectivity index (χ3n) is 1.74. The van der Waals surface area contributed by atoms with Crippen LogP contribution in [0.15, 0.2) is 0 Å². The smallest absolute Gasteiger partial charge is 0.323 e. The standard InChI is InChI=1S/C9H12N2O/c1-4-5-6-9(2,3)8(12)7-11-10/h1,7H,5-6H2,2-3H3. The van der Waals surface area contributed by atoms with E-state index in [0.717, 1.165) is 6.21 Å². The Morgan fingerprint density at radius 1 is 1.75 bits per heavy atom. The van der Waals surface area contributed by atoms with Gasteiger partial charge in [0.1, 0.15) is 0 Å². The Morgan fingerprint density at radius 2 is 2.33 bits per heavy atom. The average molecular weight is 164 g/mol. The van der Waals surface area contributed by atoms with Gasteiger partial charge >= 0.3 is 6.21 Å². The highest BCUT2D eigenvalue weighted by Crippen LogP contribution is 2.21. The number of rotatable bonds is 4. The van der Waals surface area contributed by atoms with Gasteiger partial charge in [0.25, 0.3) is 0 Å². The SMILES string of the molecule is C#CCCC(C)(C)C(=O)C=[N+]=[N-]. The summed E-state index contributed by atoms with van der Waals surface area (Å²) in [6.07, 6.45) is 7.14. The molecule has 0 amide bonds. The molecule has 12 heavy (non-hydrogen) atoms. The molecule has 0 saturated carbocycles. The zero-order valence-electron chi connectivity index (χ0n) is 7.37. The molecule has 0 atom stereocenters. The third kappa shape index (κ3) is 3.14. The predicted octanol–water partition coefficient (Wildman–Crippen LogP) is 1.30. The van der Waals surface area contributed by atoms with E-state index in [4.69, 9.17) is 12.0 Å². The Bertz CT molecular complexity index is 254. The summed E-state index contributed by atoms with van der Waals surface area (Å²) in [6.45, 7) is 3.54. The molecule has 0 aromatic heterocycles. The van der Waals surface area contributed by atoms with Crippen molar-refractivity contribution < 1.29 is 9.58 Å². The maximum absolute atomic E-state index is 11.2. The second kappa shape index (κ2) is 4.48. The van der Waals surface area contributed by atoms with Crippen molar-refractivity contribution in [2.75, 3.05) is 0 Å². The van der Waals surface area contributed by atoms with E-state index in [0.29, 0.717) is 12.8 Å². The van der Waals surface area contributed by atoms with Gasteiger partial charge in [0.2, 0.25) is 5.78 Å². The van der Waals surface area contributed by atoms with Gasteiger partial charge in [0.15, 0.2) is 0 Å². The van der Waals surface area contributed by atoms with Crippen molar-refractivity contribution in [3.8, 4) is 12.3 Å². The van der Waals surface area contributed by atoms with Crippen LogP contribution in [0.4, 0.5) is 0 Å². The lowest BCUT2D eigenvalue weighted by atomic mass is 9.84. The lowest BCUT2D eigenvalue weighted by molar-refractivity contribution is -0.123. The van der Waals surface area contributed by atoms with Crippen LogP contribution in [0.1, 0.15) is 26.7 Å². The summed E-state index contributed by atoms with van der Waals surface area (Å²) < 4.78 is 0. The second-order valence-corrected chi connectivity index (χ2v) is 3.20. The minimum Gasteiger partial charge on any atom is -0.361 e. The van der Waals surface area contributed by atoms with Crippen LogP contribution in [0.3, 0.4) is 0 Å². The summed E-state index contributed by atoms with van der Waals surface area (Å²) in [5.41, 5.74) is 7.60. The van der Waals surface area contributed by atoms with Gasteiger partial charge in [0, 0.05) is 11.8 Å². The van der Waals surface area contributed by atoms with Crippen LogP contribution in [-0.4, -0.2) is 16.8 Å². The van der Waals surface area contributed by atoms with E-state index in [2.05, 4.69) is 10.7 Å². The molecule has 3 nitrogen and oxygen atoms in total.